The van der Waals surface area contributed by atoms with Crippen molar-refractivity contribution in [3.63, 3.8) is 0 Å². The van der Waals surface area contributed by atoms with Crippen LogP contribution in [0, 0.1) is 40.9 Å². The molecule has 0 radical (unpaired) electrons. The number of nitrogens with zero attached hydrogens (tertiary/aromatic N) is 1. The van der Waals surface area contributed by atoms with Crippen LogP contribution >= 0.6 is 0 Å². The number of ether oxygens (including phenoxy) is 1. The van der Waals surface area contributed by atoms with E-state index in [4.69, 9.17) is 9.15 Å². The number of aromatic nitrogens is 1. The lowest BCUT2D eigenvalue weighted by Gasteiger charge is -2.56. The zero-order valence-electron chi connectivity index (χ0n) is 21.8. The number of carboxylic acid groups (broad SMARTS) is 1. The third-order valence-electron chi connectivity index (χ3n) is 11.2. The van der Waals surface area contributed by atoms with Gasteiger partial charge in [0, 0.05) is 6.42 Å². The van der Waals surface area contributed by atoms with E-state index in [0.29, 0.717) is 43.3 Å². The minimum Gasteiger partial charge on any atom is -0.481 e. The largest absolute Gasteiger partial charge is 0.481 e. The molecule has 4 saturated carbocycles. The first kappa shape index (κ1) is 24.9. The van der Waals surface area contributed by atoms with Crippen molar-refractivity contribution in [3.8, 4) is 0 Å². The molecule has 1 aliphatic heterocycles. The number of hydrogen-bond donors (Lipinski definition) is 3. The molecule has 9 atom stereocenters. The topological polar surface area (TPSA) is 105 Å². The van der Waals surface area contributed by atoms with Gasteiger partial charge in [0.15, 0.2) is 0 Å². The standard InChI is InChI=1S/C29H44N2O5/c1-28-11-8-21-20-9-12-29(34,15-18(20)4-5-22(21)23(28)6-7-24(28)27(32)33)17-35-14-10-19-16-36-26(31-19)25-3-2-13-30-25/h16,18,20-25,30,34H,2-15,17H2,1H3,(H,32,33)/t18-,20+,21-,22-,23+,24-,25-,28+,29-/m1/s1. The molecule has 1 saturated heterocycles. The van der Waals surface area contributed by atoms with Gasteiger partial charge in [-0.25, -0.2) is 4.98 Å². The Bertz CT molecular complexity index is 944. The summed E-state index contributed by atoms with van der Waals surface area (Å²) in [5, 5.41) is 24.6. The van der Waals surface area contributed by atoms with Crippen LogP contribution in [0.25, 0.3) is 0 Å². The predicted molar refractivity (Wildman–Crippen MR) is 134 cm³/mol. The average Bonchev–Trinajstić information content (AvgIpc) is 3.60. The van der Waals surface area contributed by atoms with Crippen LogP contribution in [-0.2, 0) is 16.0 Å². The summed E-state index contributed by atoms with van der Waals surface area (Å²) in [7, 11) is 0. The predicted octanol–water partition coefficient (Wildman–Crippen LogP) is 4.74. The molecule has 0 amide bonds. The molecular formula is C29H44N2O5. The number of fused-ring (bicyclic) bond motifs is 5. The monoisotopic (exact) mass is 500 g/mol. The first-order valence-electron chi connectivity index (χ1n) is 14.6. The van der Waals surface area contributed by atoms with E-state index in [2.05, 4.69) is 17.2 Å². The molecule has 5 fully saturated rings. The Morgan fingerprint density at radius 2 is 2.00 bits per heavy atom. The Balaban J connectivity index is 0.999. The van der Waals surface area contributed by atoms with Crippen LogP contribution in [0.3, 0.4) is 0 Å². The summed E-state index contributed by atoms with van der Waals surface area (Å²) in [5.41, 5.74) is 0.192. The summed E-state index contributed by atoms with van der Waals surface area (Å²) in [6, 6.07) is 0.246. The summed E-state index contributed by atoms with van der Waals surface area (Å²) >= 11 is 0. The summed E-state index contributed by atoms with van der Waals surface area (Å²) < 4.78 is 11.7. The van der Waals surface area contributed by atoms with Gasteiger partial charge < -0.3 is 24.7 Å². The van der Waals surface area contributed by atoms with E-state index in [1.165, 1.54) is 25.7 Å². The number of carbonyl (C=O) groups is 1. The second-order valence-electron chi connectivity index (χ2n) is 13.0. The highest BCUT2D eigenvalue weighted by atomic mass is 16.5. The molecule has 0 bridgehead atoms. The number of rotatable bonds is 7. The summed E-state index contributed by atoms with van der Waals surface area (Å²) in [5.74, 6) is 3.29. The Labute approximate surface area is 214 Å². The van der Waals surface area contributed by atoms with Crippen molar-refractivity contribution in [3.05, 3.63) is 17.8 Å². The molecule has 36 heavy (non-hydrogen) atoms. The fourth-order valence-corrected chi connectivity index (χ4v) is 9.43. The van der Waals surface area contributed by atoms with E-state index in [1.54, 1.807) is 6.26 Å². The number of carboxylic acids is 1. The maximum atomic E-state index is 11.9. The van der Waals surface area contributed by atoms with Gasteiger partial charge in [-0.2, -0.15) is 0 Å². The van der Waals surface area contributed by atoms with Gasteiger partial charge in [0.1, 0.15) is 6.26 Å². The second-order valence-corrected chi connectivity index (χ2v) is 13.0. The highest BCUT2D eigenvalue weighted by molar-refractivity contribution is 5.71. The normalized spacial score (nSPS) is 44.1. The molecule has 0 spiro atoms. The molecule has 1 aromatic rings. The maximum absolute atomic E-state index is 11.9. The van der Waals surface area contributed by atoms with E-state index in [0.717, 1.165) is 69.0 Å². The number of aliphatic hydroxyl groups is 1. The van der Waals surface area contributed by atoms with Crippen LogP contribution < -0.4 is 5.32 Å². The third kappa shape index (κ3) is 4.43. The summed E-state index contributed by atoms with van der Waals surface area (Å²) in [4.78, 5) is 16.5. The van der Waals surface area contributed by atoms with E-state index >= 15 is 0 Å². The molecule has 0 unspecified atom stereocenters. The van der Waals surface area contributed by atoms with Gasteiger partial charge in [0.2, 0.25) is 5.89 Å². The van der Waals surface area contributed by atoms with Crippen LogP contribution in [0.4, 0.5) is 0 Å². The molecule has 0 aromatic carbocycles. The molecular weight excluding hydrogens is 456 g/mol. The van der Waals surface area contributed by atoms with Crippen molar-refractivity contribution in [2.24, 2.45) is 40.9 Å². The molecule has 7 heteroatoms. The Hall–Kier alpha value is -1.44. The van der Waals surface area contributed by atoms with Gasteiger partial charge in [-0.05, 0) is 112 Å². The van der Waals surface area contributed by atoms with E-state index in [-0.39, 0.29) is 17.4 Å². The zero-order valence-corrected chi connectivity index (χ0v) is 21.8. The van der Waals surface area contributed by atoms with Gasteiger partial charge in [-0.15, -0.1) is 0 Å². The first-order chi connectivity index (χ1) is 17.4. The Morgan fingerprint density at radius 3 is 2.81 bits per heavy atom. The van der Waals surface area contributed by atoms with Crippen molar-refractivity contribution < 1.29 is 24.2 Å². The molecule has 6 rings (SSSR count). The zero-order chi connectivity index (χ0) is 24.9. The van der Waals surface area contributed by atoms with Gasteiger partial charge >= 0.3 is 5.97 Å². The van der Waals surface area contributed by atoms with Crippen molar-refractivity contribution >= 4 is 5.97 Å². The Morgan fingerprint density at radius 1 is 1.14 bits per heavy atom. The van der Waals surface area contributed by atoms with Crippen molar-refractivity contribution in [1.29, 1.82) is 0 Å². The lowest BCUT2D eigenvalue weighted by molar-refractivity contribution is -0.152. The molecule has 2 heterocycles. The third-order valence-corrected chi connectivity index (χ3v) is 11.2. The Kier molecular flexibility index (Phi) is 6.70. The minimum absolute atomic E-state index is 0.0126. The van der Waals surface area contributed by atoms with Crippen LogP contribution in [0.5, 0.6) is 0 Å². The number of nitrogens with one attached hydrogen (secondary N) is 1. The maximum Gasteiger partial charge on any atom is 0.307 e. The second kappa shape index (κ2) is 9.70. The van der Waals surface area contributed by atoms with Crippen molar-refractivity contribution in [1.82, 2.24) is 10.3 Å². The van der Waals surface area contributed by atoms with Crippen LogP contribution in [0.2, 0.25) is 0 Å². The van der Waals surface area contributed by atoms with Crippen molar-refractivity contribution in [2.75, 3.05) is 19.8 Å². The summed E-state index contributed by atoms with van der Waals surface area (Å²) in [6.07, 6.45) is 14.0. The van der Waals surface area contributed by atoms with Gasteiger partial charge in [-0.1, -0.05) is 6.92 Å². The molecule has 200 valence electrons. The molecule has 1 aromatic heterocycles. The van der Waals surface area contributed by atoms with Gasteiger partial charge in [0.25, 0.3) is 0 Å². The number of aliphatic carboxylic acids is 1. The highest BCUT2D eigenvalue weighted by Gasteiger charge is 2.59. The number of hydrogen-bond acceptors (Lipinski definition) is 6. The van der Waals surface area contributed by atoms with Crippen LogP contribution in [0.1, 0.15) is 95.2 Å². The number of oxazole rings is 1. The molecule has 5 aliphatic rings. The van der Waals surface area contributed by atoms with Gasteiger partial charge in [0.05, 0.1) is 36.5 Å². The smallest absolute Gasteiger partial charge is 0.307 e. The van der Waals surface area contributed by atoms with Crippen molar-refractivity contribution in [2.45, 2.75) is 95.6 Å². The first-order valence-corrected chi connectivity index (χ1v) is 14.6. The van der Waals surface area contributed by atoms with Crippen LogP contribution in [0.15, 0.2) is 10.7 Å². The SMILES string of the molecule is C[C@]12CC[C@H]3[C@@H](CC[C@@H]4C[C@@](O)(COCCc5coc([C@H]6CCCN6)n5)CC[C@@H]43)[C@@H]1CC[C@@H]2C(=O)O. The minimum atomic E-state index is -0.721. The molecule has 4 aliphatic carbocycles. The van der Waals surface area contributed by atoms with E-state index in [1.807, 2.05) is 0 Å². The fraction of sp³-hybridized carbons (Fsp3) is 0.862. The highest BCUT2D eigenvalue weighted by Crippen LogP contribution is 2.64. The van der Waals surface area contributed by atoms with E-state index in [9.17, 15) is 15.0 Å². The molecule has 7 nitrogen and oxygen atoms in total. The molecule has 3 N–H and O–H groups in total. The summed E-state index contributed by atoms with van der Waals surface area (Å²) in [6.45, 7) is 4.25. The average molecular weight is 501 g/mol. The lowest BCUT2D eigenvalue weighted by Crippen LogP contribution is -2.52. The fourth-order valence-electron chi connectivity index (χ4n) is 9.43. The van der Waals surface area contributed by atoms with Crippen LogP contribution in [-0.4, -0.2) is 46.5 Å². The quantitative estimate of drug-likeness (QED) is 0.464. The lowest BCUT2D eigenvalue weighted by atomic mass is 9.49. The van der Waals surface area contributed by atoms with Gasteiger partial charge in [-0.3, -0.25) is 4.79 Å². The van der Waals surface area contributed by atoms with E-state index < -0.39 is 11.6 Å².